The number of carbonyl (C=O) groups excluding carboxylic acids is 1. The Kier molecular flexibility index (Phi) is 10.2. The van der Waals surface area contributed by atoms with Gasteiger partial charge in [-0.3, -0.25) is 9.36 Å². The number of Topliss-reactive ketones (excluding diaryl/α,β-unsaturated/α-hetero) is 1. The SMILES string of the molecule is COP(=O)(CC(=O)C(C)(C)[C@H](C[C@H]1C[C@H](CCO)OC(C)(C)O1)OCc1ccccc1)OC. The monoisotopic (exact) mass is 486 g/mol. The number of hydrogen-bond donors (Lipinski definition) is 1. The molecule has 1 heterocycles. The molecule has 188 valence electrons. The molecule has 0 aliphatic carbocycles. The summed E-state index contributed by atoms with van der Waals surface area (Å²) in [7, 11) is -0.975. The third-order valence-electron chi connectivity index (χ3n) is 6.07. The molecule has 1 saturated heterocycles. The van der Waals surface area contributed by atoms with Crippen LogP contribution in [0.3, 0.4) is 0 Å². The topological polar surface area (TPSA) is 101 Å². The van der Waals surface area contributed by atoms with Gasteiger partial charge in [0.15, 0.2) is 11.6 Å². The maximum atomic E-state index is 13.3. The summed E-state index contributed by atoms with van der Waals surface area (Å²) in [5.41, 5.74) is -0.00338. The number of ketones is 1. The van der Waals surface area contributed by atoms with Crippen molar-refractivity contribution in [1.82, 2.24) is 0 Å². The Morgan fingerprint density at radius 3 is 2.36 bits per heavy atom. The standard InChI is InChI=1S/C24H39O8P/c1-23(2,21(26)17-33(27,28-5)29-6)22(30-16-18-10-8-7-9-11-18)15-20-14-19(12-13-25)31-24(3,4)32-20/h7-11,19-20,22,25H,12-17H2,1-6H3/t19-,20+,22-/m0/s1. The van der Waals surface area contributed by atoms with Crippen molar-refractivity contribution in [3.8, 4) is 0 Å². The maximum Gasteiger partial charge on any atom is 0.337 e. The predicted molar refractivity (Wildman–Crippen MR) is 125 cm³/mol. The van der Waals surface area contributed by atoms with Gasteiger partial charge < -0.3 is 28.4 Å². The summed E-state index contributed by atoms with van der Waals surface area (Å²) >= 11 is 0. The highest BCUT2D eigenvalue weighted by atomic mass is 31.2. The molecule has 8 nitrogen and oxygen atoms in total. The summed E-state index contributed by atoms with van der Waals surface area (Å²) in [6.07, 6.45) is 0.256. The molecule has 2 rings (SSSR count). The Hall–Kier alpha value is -1.12. The van der Waals surface area contributed by atoms with E-state index in [1.807, 2.05) is 44.2 Å². The lowest BCUT2D eigenvalue weighted by Crippen LogP contribution is -2.49. The molecular weight excluding hydrogens is 447 g/mol. The van der Waals surface area contributed by atoms with E-state index < -0.39 is 24.9 Å². The van der Waals surface area contributed by atoms with Crippen LogP contribution in [0.4, 0.5) is 0 Å². The lowest BCUT2D eigenvalue weighted by atomic mass is 9.79. The van der Waals surface area contributed by atoms with Crippen molar-refractivity contribution in [2.24, 2.45) is 5.41 Å². The third kappa shape index (κ3) is 8.25. The predicted octanol–water partition coefficient (Wildman–Crippen LogP) is 4.34. The molecule has 1 aromatic carbocycles. The van der Waals surface area contributed by atoms with Gasteiger partial charge >= 0.3 is 7.60 Å². The molecule has 1 fully saturated rings. The Labute approximate surface area is 197 Å². The first-order valence-corrected chi connectivity index (χ1v) is 13.0. The van der Waals surface area contributed by atoms with Gasteiger partial charge in [0.2, 0.25) is 0 Å². The van der Waals surface area contributed by atoms with Crippen molar-refractivity contribution < 1.29 is 37.7 Å². The molecule has 0 radical (unpaired) electrons. The molecule has 1 aromatic rings. The van der Waals surface area contributed by atoms with Crippen molar-refractivity contribution in [2.75, 3.05) is 27.0 Å². The van der Waals surface area contributed by atoms with E-state index >= 15 is 0 Å². The van der Waals surface area contributed by atoms with Crippen molar-refractivity contribution in [1.29, 1.82) is 0 Å². The summed E-state index contributed by atoms with van der Waals surface area (Å²) in [4.78, 5) is 13.3. The average molecular weight is 487 g/mol. The van der Waals surface area contributed by atoms with Crippen molar-refractivity contribution in [2.45, 2.75) is 77.7 Å². The lowest BCUT2D eigenvalue weighted by Gasteiger charge is -2.43. The first kappa shape index (κ1) is 28.1. The summed E-state index contributed by atoms with van der Waals surface area (Å²) in [5.74, 6) is -1.09. The van der Waals surface area contributed by atoms with Crippen LogP contribution in [0, 0.1) is 5.41 Å². The number of ether oxygens (including phenoxy) is 3. The van der Waals surface area contributed by atoms with Crippen LogP contribution in [0.2, 0.25) is 0 Å². The second-order valence-electron chi connectivity index (χ2n) is 9.43. The fourth-order valence-electron chi connectivity index (χ4n) is 4.03. The molecular formula is C24H39O8P. The molecule has 3 atom stereocenters. The average Bonchev–Trinajstić information content (AvgIpc) is 2.76. The second kappa shape index (κ2) is 12.0. The zero-order valence-corrected chi connectivity index (χ0v) is 21.5. The minimum absolute atomic E-state index is 0.0225. The normalized spacial score (nSPS) is 22.2. The summed E-state index contributed by atoms with van der Waals surface area (Å²) in [5, 5.41) is 9.38. The molecule has 0 amide bonds. The summed E-state index contributed by atoms with van der Waals surface area (Å²) in [6.45, 7) is 7.60. The van der Waals surface area contributed by atoms with E-state index in [1.54, 1.807) is 13.8 Å². The Balaban J connectivity index is 2.24. The van der Waals surface area contributed by atoms with Gasteiger partial charge in [0.1, 0.15) is 6.16 Å². The van der Waals surface area contributed by atoms with Crippen LogP contribution in [0.15, 0.2) is 30.3 Å². The summed E-state index contributed by atoms with van der Waals surface area (Å²) in [6, 6.07) is 9.71. The largest absolute Gasteiger partial charge is 0.396 e. The third-order valence-corrected chi connectivity index (χ3v) is 7.85. The van der Waals surface area contributed by atoms with Crippen LogP contribution in [0.25, 0.3) is 0 Å². The van der Waals surface area contributed by atoms with E-state index in [-0.39, 0.29) is 30.8 Å². The van der Waals surface area contributed by atoms with Crippen LogP contribution in [0.5, 0.6) is 0 Å². The number of hydrogen-bond acceptors (Lipinski definition) is 8. The Morgan fingerprint density at radius 2 is 1.79 bits per heavy atom. The van der Waals surface area contributed by atoms with Gasteiger partial charge in [-0.1, -0.05) is 44.2 Å². The Morgan fingerprint density at radius 1 is 1.18 bits per heavy atom. The lowest BCUT2D eigenvalue weighted by molar-refractivity contribution is -0.305. The highest BCUT2D eigenvalue weighted by molar-refractivity contribution is 7.54. The van der Waals surface area contributed by atoms with Crippen LogP contribution in [0.1, 0.15) is 52.5 Å². The van der Waals surface area contributed by atoms with Crippen LogP contribution >= 0.6 is 7.60 Å². The van der Waals surface area contributed by atoms with Gasteiger partial charge in [-0.15, -0.1) is 0 Å². The van der Waals surface area contributed by atoms with Crippen molar-refractivity contribution in [3.63, 3.8) is 0 Å². The summed E-state index contributed by atoms with van der Waals surface area (Å²) < 4.78 is 41.0. The van der Waals surface area contributed by atoms with Gasteiger partial charge in [-0.2, -0.15) is 0 Å². The Bertz CT molecular complexity index is 787. The number of benzene rings is 1. The highest BCUT2D eigenvalue weighted by Gasteiger charge is 2.44. The molecule has 1 aliphatic rings. The maximum absolute atomic E-state index is 13.3. The number of aliphatic hydroxyl groups is 1. The number of rotatable bonds is 13. The molecule has 0 saturated carbocycles. The first-order valence-electron chi connectivity index (χ1n) is 11.3. The van der Waals surface area contributed by atoms with Gasteiger partial charge in [0.25, 0.3) is 0 Å². The van der Waals surface area contributed by atoms with Gasteiger partial charge in [0, 0.05) is 33.7 Å². The van der Waals surface area contributed by atoms with Gasteiger partial charge in [0.05, 0.1) is 30.3 Å². The fourth-order valence-corrected chi connectivity index (χ4v) is 5.20. The van der Waals surface area contributed by atoms with E-state index in [0.29, 0.717) is 25.9 Å². The molecule has 9 heteroatoms. The smallest absolute Gasteiger partial charge is 0.337 e. The van der Waals surface area contributed by atoms with Crippen LogP contribution < -0.4 is 0 Å². The number of carbonyl (C=O) groups is 1. The van der Waals surface area contributed by atoms with Crippen LogP contribution in [-0.2, 0) is 39.2 Å². The fraction of sp³-hybridized carbons (Fsp3) is 0.708. The molecule has 0 bridgehead atoms. The molecule has 0 unspecified atom stereocenters. The van der Waals surface area contributed by atoms with Crippen molar-refractivity contribution >= 4 is 13.4 Å². The molecule has 1 N–H and O–H groups in total. The minimum atomic E-state index is -3.52. The highest BCUT2D eigenvalue weighted by Crippen LogP contribution is 2.48. The molecule has 1 aliphatic heterocycles. The quantitative estimate of drug-likeness (QED) is 0.411. The number of aliphatic hydroxyl groups excluding tert-OH is 1. The zero-order valence-electron chi connectivity index (χ0n) is 20.6. The van der Waals surface area contributed by atoms with E-state index in [2.05, 4.69) is 0 Å². The van der Waals surface area contributed by atoms with Gasteiger partial charge in [-0.25, -0.2) is 0 Å². The van der Waals surface area contributed by atoms with E-state index in [1.165, 1.54) is 14.2 Å². The van der Waals surface area contributed by atoms with E-state index in [9.17, 15) is 14.5 Å². The van der Waals surface area contributed by atoms with E-state index in [0.717, 1.165) is 5.56 Å². The molecule has 0 aromatic heterocycles. The van der Waals surface area contributed by atoms with Crippen molar-refractivity contribution in [3.05, 3.63) is 35.9 Å². The molecule has 33 heavy (non-hydrogen) atoms. The first-order chi connectivity index (χ1) is 15.4. The van der Waals surface area contributed by atoms with Crippen LogP contribution in [-0.4, -0.2) is 62.0 Å². The second-order valence-corrected chi connectivity index (χ2v) is 11.7. The van der Waals surface area contributed by atoms with E-state index in [4.69, 9.17) is 23.3 Å². The molecule has 0 spiro atoms. The minimum Gasteiger partial charge on any atom is -0.396 e. The van der Waals surface area contributed by atoms with Gasteiger partial charge in [-0.05, 0) is 25.8 Å². The zero-order chi connectivity index (χ0) is 24.7.